The van der Waals surface area contributed by atoms with Gasteiger partial charge in [-0.15, -0.1) is 0 Å². The molecule has 0 fully saturated rings. The van der Waals surface area contributed by atoms with Crippen molar-refractivity contribution in [3.8, 4) is 0 Å². The van der Waals surface area contributed by atoms with E-state index in [4.69, 9.17) is 0 Å². The second-order valence-corrected chi connectivity index (χ2v) is 4.00. The lowest BCUT2D eigenvalue weighted by Crippen LogP contribution is -2.25. The molecule has 0 aliphatic heterocycles. The first-order valence-electron chi connectivity index (χ1n) is 5.31. The van der Waals surface area contributed by atoms with Crippen LogP contribution in [0, 0.1) is 11.8 Å². The first kappa shape index (κ1) is 12.0. The van der Waals surface area contributed by atoms with Crippen LogP contribution in [0.1, 0.15) is 53.4 Å². The molecular weight excluding hydrogens is 148 g/mol. The first-order valence-corrected chi connectivity index (χ1v) is 5.31. The van der Waals surface area contributed by atoms with Crippen LogP contribution in [0.2, 0.25) is 0 Å². The van der Waals surface area contributed by atoms with Crippen LogP contribution < -0.4 is 0 Å². The van der Waals surface area contributed by atoms with E-state index in [0.29, 0.717) is 11.8 Å². The summed E-state index contributed by atoms with van der Waals surface area (Å²) in [4.78, 5) is 0. The van der Waals surface area contributed by atoms with Gasteiger partial charge in [0.25, 0.3) is 0 Å². The first-order chi connectivity index (χ1) is 5.63. The molecule has 0 bridgehead atoms. The van der Waals surface area contributed by atoms with Gasteiger partial charge in [0, 0.05) is 0 Å². The van der Waals surface area contributed by atoms with E-state index in [1.165, 1.54) is 19.3 Å². The quantitative estimate of drug-likeness (QED) is 0.652. The Morgan fingerprint density at radius 3 is 2.08 bits per heavy atom. The van der Waals surface area contributed by atoms with Crippen molar-refractivity contribution in [2.45, 2.75) is 59.5 Å². The van der Waals surface area contributed by atoms with Gasteiger partial charge in [-0.3, -0.25) is 0 Å². The van der Waals surface area contributed by atoms with Gasteiger partial charge in [0.1, 0.15) is 0 Å². The van der Waals surface area contributed by atoms with E-state index >= 15 is 0 Å². The molecule has 0 radical (unpaired) electrons. The summed E-state index contributed by atoms with van der Waals surface area (Å²) in [6.45, 7) is 8.63. The maximum atomic E-state index is 9.81. The van der Waals surface area contributed by atoms with Gasteiger partial charge in [0.15, 0.2) is 0 Å². The minimum Gasteiger partial charge on any atom is -0.393 e. The van der Waals surface area contributed by atoms with Gasteiger partial charge in [-0.1, -0.05) is 47.0 Å². The highest BCUT2D eigenvalue weighted by Crippen LogP contribution is 2.20. The van der Waals surface area contributed by atoms with Crippen LogP contribution >= 0.6 is 0 Å². The van der Waals surface area contributed by atoms with Crippen LogP contribution in [0.15, 0.2) is 0 Å². The third-order valence-corrected chi connectivity index (χ3v) is 2.82. The molecular formula is C11H24O. The Hall–Kier alpha value is -0.0400. The largest absolute Gasteiger partial charge is 0.393 e. The Bertz CT molecular complexity index is 101. The monoisotopic (exact) mass is 172 g/mol. The van der Waals surface area contributed by atoms with E-state index < -0.39 is 0 Å². The molecule has 0 saturated carbocycles. The molecule has 1 heteroatoms. The topological polar surface area (TPSA) is 20.2 Å². The van der Waals surface area contributed by atoms with E-state index in [1.807, 2.05) is 0 Å². The van der Waals surface area contributed by atoms with Gasteiger partial charge in [0.2, 0.25) is 0 Å². The van der Waals surface area contributed by atoms with Crippen LogP contribution in [-0.4, -0.2) is 11.2 Å². The fourth-order valence-electron chi connectivity index (χ4n) is 1.50. The van der Waals surface area contributed by atoms with E-state index in [1.54, 1.807) is 0 Å². The molecule has 0 aromatic rings. The van der Waals surface area contributed by atoms with E-state index in [0.717, 1.165) is 6.42 Å². The molecule has 0 rings (SSSR count). The summed E-state index contributed by atoms with van der Waals surface area (Å²) in [5.41, 5.74) is 0. The number of rotatable bonds is 6. The Balaban J connectivity index is 3.67. The second-order valence-electron chi connectivity index (χ2n) is 4.00. The fourth-order valence-corrected chi connectivity index (χ4v) is 1.50. The SMILES string of the molecule is CCCC[C@@H](C)[C@@H](O)[C@@H](C)CC. The molecule has 3 atom stereocenters. The highest BCUT2D eigenvalue weighted by molar-refractivity contribution is 4.69. The van der Waals surface area contributed by atoms with Crippen LogP contribution in [0.3, 0.4) is 0 Å². The molecule has 0 saturated heterocycles. The van der Waals surface area contributed by atoms with Crippen molar-refractivity contribution in [1.29, 1.82) is 0 Å². The lowest BCUT2D eigenvalue weighted by molar-refractivity contribution is 0.0586. The summed E-state index contributed by atoms with van der Waals surface area (Å²) in [6.07, 6.45) is 4.63. The molecule has 1 nitrogen and oxygen atoms in total. The second kappa shape index (κ2) is 6.47. The standard InChI is InChI=1S/C11H24O/c1-5-7-8-10(4)11(12)9(3)6-2/h9-12H,5-8H2,1-4H3/t9-,10+,11-/m0/s1. The van der Waals surface area contributed by atoms with Crippen molar-refractivity contribution < 1.29 is 5.11 Å². The van der Waals surface area contributed by atoms with E-state index in [-0.39, 0.29) is 6.10 Å². The molecule has 0 aliphatic carbocycles. The number of hydrogen-bond acceptors (Lipinski definition) is 1. The Morgan fingerprint density at radius 1 is 1.08 bits per heavy atom. The molecule has 0 unspecified atom stereocenters. The Morgan fingerprint density at radius 2 is 1.67 bits per heavy atom. The average molecular weight is 172 g/mol. The summed E-state index contributed by atoms with van der Waals surface area (Å²) < 4.78 is 0. The molecule has 0 spiro atoms. The molecule has 1 N–H and O–H groups in total. The lowest BCUT2D eigenvalue weighted by Gasteiger charge is -2.23. The Kier molecular flexibility index (Phi) is 6.45. The zero-order chi connectivity index (χ0) is 9.56. The summed E-state index contributed by atoms with van der Waals surface area (Å²) in [5.74, 6) is 0.928. The highest BCUT2D eigenvalue weighted by atomic mass is 16.3. The minimum absolute atomic E-state index is 0.0958. The van der Waals surface area contributed by atoms with Crippen molar-refractivity contribution in [3.05, 3.63) is 0 Å². The minimum atomic E-state index is -0.0958. The van der Waals surface area contributed by atoms with Crippen molar-refractivity contribution in [1.82, 2.24) is 0 Å². The van der Waals surface area contributed by atoms with Gasteiger partial charge in [-0.05, 0) is 18.3 Å². The maximum Gasteiger partial charge on any atom is 0.0591 e. The molecule has 0 aromatic heterocycles. The predicted octanol–water partition coefficient (Wildman–Crippen LogP) is 3.22. The molecule has 74 valence electrons. The normalized spacial score (nSPS) is 18.8. The maximum absolute atomic E-state index is 9.81. The summed E-state index contributed by atoms with van der Waals surface area (Å²) in [6, 6.07) is 0. The van der Waals surface area contributed by atoms with Gasteiger partial charge in [-0.25, -0.2) is 0 Å². The molecule has 0 heterocycles. The fraction of sp³-hybridized carbons (Fsp3) is 1.00. The lowest BCUT2D eigenvalue weighted by atomic mass is 9.88. The third-order valence-electron chi connectivity index (χ3n) is 2.82. The number of unbranched alkanes of at least 4 members (excludes halogenated alkanes) is 1. The summed E-state index contributed by atoms with van der Waals surface area (Å²) in [7, 11) is 0. The molecule has 0 aliphatic rings. The van der Waals surface area contributed by atoms with Crippen LogP contribution in [0.4, 0.5) is 0 Å². The summed E-state index contributed by atoms with van der Waals surface area (Å²) >= 11 is 0. The van der Waals surface area contributed by atoms with Gasteiger partial charge in [0.05, 0.1) is 6.10 Å². The van der Waals surface area contributed by atoms with E-state index in [2.05, 4.69) is 27.7 Å². The predicted molar refractivity (Wildman–Crippen MR) is 54.2 cm³/mol. The molecule has 12 heavy (non-hydrogen) atoms. The van der Waals surface area contributed by atoms with Crippen LogP contribution in [0.5, 0.6) is 0 Å². The third kappa shape index (κ3) is 4.10. The van der Waals surface area contributed by atoms with Crippen molar-refractivity contribution in [2.24, 2.45) is 11.8 Å². The smallest absolute Gasteiger partial charge is 0.0591 e. The average Bonchev–Trinajstić information content (AvgIpc) is 2.11. The van der Waals surface area contributed by atoms with Crippen molar-refractivity contribution >= 4 is 0 Å². The molecule has 0 amide bonds. The van der Waals surface area contributed by atoms with E-state index in [9.17, 15) is 5.11 Å². The Labute approximate surface area is 77.2 Å². The van der Waals surface area contributed by atoms with Crippen LogP contribution in [0.25, 0.3) is 0 Å². The van der Waals surface area contributed by atoms with Gasteiger partial charge in [-0.2, -0.15) is 0 Å². The van der Waals surface area contributed by atoms with Crippen molar-refractivity contribution in [2.75, 3.05) is 0 Å². The van der Waals surface area contributed by atoms with Gasteiger partial charge >= 0.3 is 0 Å². The number of hydrogen-bond donors (Lipinski definition) is 1. The zero-order valence-corrected chi connectivity index (χ0v) is 9.01. The van der Waals surface area contributed by atoms with Crippen LogP contribution in [-0.2, 0) is 0 Å². The van der Waals surface area contributed by atoms with Gasteiger partial charge < -0.3 is 5.11 Å². The zero-order valence-electron chi connectivity index (χ0n) is 9.01. The number of aliphatic hydroxyl groups excluding tert-OH is 1. The highest BCUT2D eigenvalue weighted by Gasteiger charge is 2.18. The van der Waals surface area contributed by atoms with Crippen molar-refractivity contribution in [3.63, 3.8) is 0 Å². The summed E-state index contributed by atoms with van der Waals surface area (Å²) in [5, 5.41) is 9.81. The molecule has 0 aromatic carbocycles. The number of aliphatic hydroxyl groups is 1.